The van der Waals surface area contributed by atoms with Gasteiger partial charge in [0.05, 0.1) is 18.1 Å². The molecule has 0 aliphatic heterocycles. The second-order valence-electron chi connectivity index (χ2n) is 5.98. The van der Waals surface area contributed by atoms with Gasteiger partial charge in [0, 0.05) is 13.1 Å². The lowest BCUT2D eigenvalue weighted by atomic mass is 10.1. The number of carbonyl (C=O) groups is 1. The van der Waals surface area contributed by atoms with Gasteiger partial charge in [-0.25, -0.2) is 4.39 Å². The molecule has 2 N–H and O–H groups in total. The Bertz CT molecular complexity index is 784. The summed E-state index contributed by atoms with van der Waals surface area (Å²) in [4.78, 5) is 10.4. The van der Waals surface area contributed by atoms with E-state index in [1.165, 1.54) is 6.07 Å². The maximum absolute atomic E-state index is 13.5. The molecule has 0 aromatic heterocycles. The molecule has 7 heteroatoms. The predicted molar refractivity (Wildman–Crippen MR) is 113 cm³/mol. The van der Waals surface area contributed by atoms with Crippen LogP contribution < -0.4 is 10.1 Å². The van der Waals surface area contributed by atoms with Crippen molar-refractivity contribution in [1.82, 2.24) is 5.32 Å². The van der Waals surface area contributed by atoms with Crippen molar-refractivity contribution in [3.8, 4) is 5.75 Å². The molecule has 0 radical (unpaired) electrons. The van der Waals surface area contributed by atoms with E-state index in [9.17, 15) is 9.18 Å². The van der Waals surface area contributed by atoms with Crippen molar-refractivity contribution in [2.24, 2.45) is 0 Å². The third-order valence-electron chi connectivity index (χ3n) is 3.86. The summed E-state index contributed by atoms with van der Waals surface area (Å²) in [5.41, 5.74) is 1.55. The summed E-state index contributed by atoms with van der Waals surface area (Å²) in [5.74, 6) is -0.335. The summed E-state index contributed by atoms with van der Waals surface area (Å²) in [6.07, 6.45) is 5.19. The van der Waals surface area contributed by atoms with Gasteiger partial charge in [0.15, 0.2) is 0 Å². The van der Waals surface area contributed by atoms with E-state index in [4.69, 9.17) is 21.4 Å². The van der Waals surface area contributed by atoms with Gasteiger partial charge in [0.25, 0.3) is 0 Å². The van der Waals surface area contributed by atoms with Crippen LogP contribution in [0, 0.1) is 5.82 Å². The lowest BCUT2D eigenvalue weighted by Gasteiger charge is -2.08. The minimum Gasteiger partial charge on any atom is -0.494 e. The number of benzene rings is 2. The van der Waals surface area contributed by atoms with Crippen LogP contribution in [0.5, 0.6) is 5.75 Å². The van der Waals surface area contributed by atoms with Crippen molar-refractivity contribution < 1.29 is 19.0 Å². The molecule has 2 aromatic carbocycles. The maximum Gasteiger partial charge on any atom is 0.304 e. The maximum atomic E-state index is 13.5. The summed E-state index contributed by atoms with van der Waals surface area (Å²) in [6.45, 7) is 1.47. The fraction of sp³-hybridized carbons (Fsp3) is 0.286. The van der Waals surface area contributed by atoms with Gasteiger partial charge in [-0.05, 0) is 48.2 Å². The first-order valence-corrected chi connectivity index (χ1v) is 9.19. The molecule has 2 rings (SSSR count). The number of carboxylic acid groups (broad SMARTS) is 1. The largest absolute Gasteiger partial charge is 0.494 e. The molecule has 0 saturated carbocycles. The van der Waals surface area contributed by atoms with Crippen molar-refractivity contribution in [3.63, 3.8) is 0 Å². The zero-order valence-corrected chi connectivity index (χ0v) is 16.9. The highest BCUT2D eigenvalue weighted by molar-refractivity contribution is 6.32. The smallest absolute Gasteiger partial charge is 0.304 e. The molecule has 0 fully saturated rings. The van der Waals surface area contributed by atoms with E-state index in [1.54, 1.807) is 18.2 Å². The minimum absolute atomic E-state index is 0. The van der Waals surface area contributed by atoms with Crippen LogP contribution >= 0.6 is 24.0 Å². The minimum atomic E-state index is -0.820. The summed E-state index contributed by atoms with van der Waals surface area (Å²) in [7, 11) is 0. The van der Waals surface area contributed by atoms with Crippen molar-refractivity contribution in [3.05, 3.63) is 70.5 Å². The SMILES string of the molecule is Cl.O=C(O)CCNC/C=C/c1ccc(OCCCc2ccccc2F)cc1Cl. The molecule has 0 atom stereocenters. The summed E-state index contributed by atoms with van der Waals surface area (Å²) in [5, 5.41) is 12.1. The summed E-state index contributed by atoms with van der Waals surface area (Å²) in [6, 6.07) is 12.2. The molecule has 0 unspecified atom stereocenters. The van der Waals surface area contributed by atoms with E-state index >= 15 is 0 Å². The fourth-order valence-electron chi connectivity index (χ4n) is 2.45. The Kier molecular flexibility index (Phi) is 11.3. The summed E-state index contributed by atoms with van der Waals surface area (Å²) < 4.78 is 19.2. The molecule has 2 aromatic rings. The first kappa shape index (κ1) is 24.0. The van der Waals surface area contributed by atoms with Crippen LogP contribution in [0.4, 0.5) is 4.39 Å². The third kappa shape index (κ3) is 8.74. The average molecular weight is 428 g/mol. The molecule has 0 spiro atoms. The molecule has 0 amide bonds. The average Bonchev–Trinajstić information content (AvgIpc) is 2.64. The predicted octanol–water partition coefficient (Wildman–Crippen LogP) is 4.99. The highest BCUT2D eigenvalue weighted by Gasteiger charge is 2.03. The Hall–Kier alpha value is -2.08. The molecule has 0 heterocycles. The zero-order chi connectivity index (χ0) is 19.5. The number of rotatable bonds is 11. The Labute approximate surface area is 175 Å². The number of hydrogen-bond donors (Lipinski definition) is 2. The van der Waals surface area contributed by atoms with Crippen molar-refractivity contribution >= 4 is 36.1 Å². The monoisotopic (exact) mass is 427 g/mol. The van der Waals surface area contributed by atoms with E-state index in [0.717, 1.165) is 5.56 Å². The van der Waals surface area contributed by atoms with Gasteiger partial charge >= 0.3 is 5.97 Å². The van der Waals surface area contributed by atoms with E-state index in [2.05, 4.69) is 5.32 Å². The number of aliphatic carboxylic acids is 1. The molecule has 152 valence electrons. The van der Waals surface area contributed by atoms with Gasteiger partial charge in [0.1, 0.15) is 11.6 Å². The lowest BCUT2D eigenvalue weighted by Crippen LogP contribution is -2.17. The first-order chi connectivity index (χ1) is 13.1. The second-order valence-corrected chi connectivity index (χ2v) is 6.38. The molecule has 0 aliphatic carbocycles. The molecule has 0 bridgehead atoms. The van der Waals surface area contributed by atoms with Crippen LogP contribution in [0.25, 0.3) is 6.08 Å². The van der Waals surface area contributed by atoms with E-state index in [-0.39, 0.29) is 24.6 Å². The van der Waals surface area contributed by atoms with Crippen LogP contribution in [0.1, 0.15) is 24.0 Å². The van der Waals surface area contributed by atoms with Crippen LogP contribution in [0.15, 0.2) is 48.5 Å². The standard InChI is InChI=1S/C21H23ClFNO3.ClH/c22-19-15-18(27-14-4-7-17-5-1-2-8-20(17)23)10-9-16(19)6-3-12-24-13-11-21(25)26;/h1-3,5-6,8-10,15,24H,4,7,11-14H2,(H,25,26);1H/b6-3+;. The molecule has 0 saturated heterocycles. The first-order valence-electron chi connectivity index (χ1n) is 8.81. The van der Waals surface area contributed by atoms with Crippen LogP contribution in [-0.4, -0.2) is 30.8 Å². The van der Waals surface area contributed by atoms with Gasteiger partial charge in [0.2, 0.25) is 0 Å². The van der Waals surface area contributed by atoms with Gasteiger partial charge in [-0.2, -0.15) is 0 Å². The van der Waals surface area contributed by atoms with Gasteiger partial charge in [-0.15, -0.1) is 12.4 Å². The number of carboxylic acids is 1. The molecule has 28 heavy (non-hydrogen) atoms. The van der Waals surface area contributed by atoms with Crippen LogP contribution in [-0.2, 0) is 11.2 Å². The molecular weight excluding hydrogens is 404 g/mol. The van der Waals surface area contributed by atoms with Crippen molar-refractivity contribution in [2.45, 2.75) is 19.3 Å². The van der Waals surface area contributed by atoms with Gasteiger partial charge < -0.3 is 15.2 Å². The van der Waals surface area contributed by atoms with Crippen LogP contribution in [0.3, 0.4) is 0 Å². The van der Waals surface area contributed by atoms with Gasteiger partial charge in [-0.3, -0.25) is 4.79 Å². The zero-order valence-electron chi connectivity index (χ0n) is 15.4. The number of hydrogen-bond acceptors (Lipinski definition) is 3. The molecular formula is C21H24Cl2FNO3. The van der Waals surface area contributed by atoms with E-state index in [1.807, 2.05) is 30.4 Å². The fourth-order valence-corrected chi connectivity index (χ4v) is 2.69. The van der Waals surface area contributed by atoms with Gasteiger partial charge in [-0.1, -0.05) is 42.0 Å². The normalized spacial score (nSPS) is 10.6. The molecule has 0 aliphatic rings. The van der Waals surface area contributed by atoms with E-state index < -0.39 is 5.97 Å². The van der Waals surface area contributed by atoms with Crippen molar-refractivity contribution in [1.29, 1.82) is 0 Å². The summed E-state index contributed by atoms with van der Waals surface area (Å²) >= 11 is 6.26. The molecule has 4 nitrogen and oxygen atoms in total. The van der Waals surface area contributed by atoms with E-state index in [0.29, 0.717) is 48.9 Å². The third-order valence-corrected chi connectivity index (χ3v) is 4.19. The van der Waals surface area contributed by atoms with Crippen LogP contribution in [0.2, 0.25) is 5.02 Å². The number of nitrogens with one attached hydrogen (secondary N) is 1. The highest BCUT2D eigenvalue weighted by atomic mass is 35.5. The Morgan fingerprint density at radius 1 is 1.25 bits per heavy atom. The van der Waals surface area contributed by atoms with Crippen molar-refractivity contribution in [2.75, 3.05) is 19.7 Å². The Balaban J connectivity index is 0.00000392. The lowest BCUT2D eigenvalue weighted by molar-refractivity contribution is -0.136. The quantitative estimate of drug-likeness (QED) is 0.495. The number of aryl methyl sites for hydroxylation is 1. The highest BCUT2D eigenvalue weighted by Crippen LogP contribution is 2.24. The second kappa shape index (κ2) is 13.2. The number of halogens is 3. The Morgan fingerprint density at radius 3 is 2.75 bits per heavy atom. The Morgan fingerprint density at radius 2 is 2.04 bits per heavy atom. The topological polar surface area (TPSA) is 58.6 Å². The number of ether oxygens (including phenoxy) is 1.